The van der Waals surface area contributed by atoms with Gasteiger partial charge in [-0.15, -0.1) is 0 Å². The van der Waals surface area contributed by atoms with Crippen LogP contribution in [0.15, 0.2) is 24.3 Å². The fourth-order valence-electron chi connectivity index (χ4n) is 1.39. The van der Waals surface area contributed by atoms with Crippen LogP contribution in [-0.4, -0.2) is 30.0 Å². The van der Waals surface area contributed by atoms with Gasteiger partial charge in [0, 0.05) is 24.9 Å². The number of carbonyl (C=O) groups is 1. The van der Waals surface area contributed by atoms with E-state index < -0.39 is 23.3 Å². The zero-order chi connectivity index (χ0) is 17.0. The highest BCUT2D eigenvalue weighted by molar-refractivity contribution is 7.55. The smallest absolute Gasteiger partial charge is 0.412 e. The molecule has 0 aromatic heterocycles. The molecule has 124 valence electrons. The highest BCUT2D eigenvalue weighted by Crippen LogP contribution is 2.59. The Morgan fingerprint density at radius 3 is 2.32 bits per heavy atom. The van der Waals surface area contributed by atoms with Gasteiger partial charge in [0.1, 0.15) is 0 Å². The Balaban J connectivity index is 2.91. The van der Waals surface area contributed by atoms with Crippen molar-refractivity contribution in [3.63, 3.8) is 0 Å². The van der Waals surface area contributed by atoms with Crippen molar-refractivity contribution in [2.24, 2.45) is 0 Å². The first-order valence-corrected chi connectivity index (χ1v) is 8.76. The number of hydrogen-bond donors (Lipinski definition) is 1. The maximum atomic E-state index is 12.3. The number of hydrogen-bond acceptors (Lipinski definition) is 5. The Kier molecular flexibility index (Phi) is 7.27. The molecule has 1 atom stereocenters. The summed E-state index contributed by atoms with van der Waals surface area (Å²) in [5, 5.41) is 2.75. The fourth-order valence-corrected chi connectivity index (χ4v) is 3.91. The number of nitrogens with one attached hydrogen (secondary N) is 1. The van der Waals surface area contributed by atoms with Crippen LogP contribution < -0.4 is 5.32 Å². The third-order valence-electron chi connectivity index (χ3n) is 2.37. The Morgan fingerprint density at radius 2 is 1.86 bits per heavy atom. The van der Waals surface area contributed by atoms with Gasteiger partial charge in [0.2, 0.25) is 3.79 Å². The van der Waals surface area contributed by atoms with E-state index in [1.165, 1.54) is 6.07 Å². The van der Waals surface area contributed by atoms with Crippen molar-refractivity contribution in [2.75, 3.05) is 19.5 Å². The number of amides is 1. The van der Waals surface area contributed by atoms with Crippen LogP contribution in [-0.2, 0) is 18.3 Å². The lowest BCUT2D eigenvalue weighted by Gasteiger charge is -2.28. The van der Waals surface area contributed by atoms with Crippen LogP contribution in [0, 0.1) is 0 Å². The van der Waals surface area contributed by atoms with E-state index in [1.807, 2.05) is 0 Å². The standard InChI is InChI=1S/C11H12Cl4NO5P/c1-19-22(18,20-2)9(11(13,14)15)21-10(17)16-8-5-3-4-7(12)6-8/h3-6,9H,1-2H3,(H,16,17). The molecule has 1 N–H and O–H groups in total. The Labute approximate surface area is 147 Å². The molecule has 0 saturated heterocycles. The van der Waals surface area contributed by atoms with Gasteiger partial charge in [-0.1, -0.05) is 52.5 Å². The average molecular weight is 411 g/mol. The minimum atomic E-state index is -3.99. The molecule has 11 heteroatoms. The number of carbonyl (C=O) groups excluding carboxylic acids is 1. The van der Waals surface area contributed by atoms with Gasteiger partial charge in [-0.3, -0.25) is 9.88 Å². The minimum absolute atomic E-state index is 0.338. The third kappa shape index (κ3) is 5.46. The maximum absolute atomic E-state index is 12.3. The average Bonchev–Trinajstić information content (AvgIpc) is 2.43. The lowest BCUT2D eigenvalue weighted by molar-refractivity contribution is 0.124. The predicted molar refractivity (Wildman–Crippen MR) is 87.3 cm³/mol. The van der Waals surface area contributed by atoms with Crippen molar-refractivity contribution in [3.8, 4) is 0 Å². The summed E-state index contributed by atoms with van der Waals surface area (Å²) in [5.74, 6) is -1.76. The predicted octanol–water partition coefficient (Wildman–Crippen LogP) is 5.07. The third-order valence-corrected chi connectivity index (χ3v) is 5.74. The first-order valence-electron chi connectivity index (χ1n) is 5.63. The van der Waals surface area contributed by atoms with Gasteiger partial charge < -0.3 is 13.8 Å². The van der Waals surface area contributed by atoms with Crippen LogP contribution in [0.1, 0.15) is 0 Å². The van der Waals surface area contributed by atoms with E-state index in [0.717, 1.165) is 14.2 Å². The van der Waals surface area contributed by atoms with Crippen LogP contribution in [0.25, 0.3) is 0 Å². The highest BCUT2D eigenvalue weighted by Gasteiger charge is 2.51. The second-order valence-corrected chi connectivity index (χ2v) is 8.92. The van der Waals surface area contributed by atoms with Crippen LogP contribution in [0.3, 0.4) is 0 Å². The number of halogens is 4. The number of rotatable bonds is 5. The molecular formula is C11H12Cl4NO5P. The summed E-state index contributed by atoms with van der Waals surface area (Å²) < 4.78 is 24.4. The molecule has 6 nitrogen and oxygen atoms in total. The fraction of sp³-hybridized carbons (Fsp3) is 0.364. The second-order valence-electron chi connectivity index (χ2n) is 3.84. The molecule has 22 heavy (non-hydrogen) atoms. The monoisotopic (exact) mass is 409 g/mol. The molecule has 1 rings (SSSR count). The molecule has 1 aromatic rings. The maximum Gasteiger partial charge on any atom is 0.412 e. The lowest BCUT2D eigenvalue weighted by atomic mass is 10.3. The summed E-state index contributed by atoms with van der Waals surface area (Å²) >= 11 is 22.8. The SMILES string of the molecule is COP(=O)(OC)C(OC(=O)Nc1cccc(Cl)c1)C(Cl)(Cl)Cl. The van der Waals surface area contributed by atoms with Gasteiger partial charge in [0.25, 0.3) is 5.85 Å². The lowest BCUT2D eigenvalue weighted by Crippen LogP contribution is -2.34. The van der Waals surface area contributed by atoms with Gasteiger partial charge in [-0.2, -0.15) is 0 Å². The van der Waals surface area contributed by atoms with E-state index in [4.69, 9.17) is 60.2 Å². The van der Waals surface area contributed by atoms with Gasteiger partial charge >= 0.3 is 13.7 Å². The molecule has 1 aromatic carbocycles. The molecule has 0 fully saturated rings. The number of alkyl halides is 3. The molecule has 0 aliphatic rings. The van der Waals surface area contributed by atoms with E-state index >= 15 is 0 Å². The summed E-state index contributed by atoms with van der Waals surface area (Å²) in [5.41, 5.74) is 0.338. The summed E-state index contributed by atoms with van der Waals surface area (Å²) in [6.07, 6.45) is -1.02. The highest BCUT2D eigenvalue weighted by atomic mass is 35.6. The van der Waals surface area contributed by atoms with Crippen LogP contribution in [0.5, 0.6) is 0 Å². The Hall–Kier alpha value is -0.200. The van der Waals surface area contributed by atoms with Crippen molar-refractivity contribution in [2.45, 2.75) is 9.64 Å². The van der Waals surface area contributed by atoms with Crippen molar-refractivity contribution < 1.29 is 23.1 Å². The molecular weight excluding hydrogens is 399 g/mol. The first-order chi connectivity index (χ1) is 10.1. The van der Waals surface area contributed by atoms with E-state index in [2.05, 4.69) is 5.32 Å². The molecule has 0 aliphatic heterocycles. The van der Waals surface area contributed by atoms with E-state index in [9.17, 15) is 9.36 Å². The molecule has 1 unspecified atom stereocenters. The zero-order valence-electron chi connectivity index (χ0n) is 11.4. The van der Waals surface area contributed by atoms with E-state index in [0.29, 0.717) is 10.7 Å². The molecule has 0 aliphatic carbocycles. The van der Waals surface area contributed by atoms with Gasteiger partial charge in [0.05, 0.1) is 0 Å². The topological polar surface area (TPSA) is 73.9 Å². The number of ether oxygens (including phenoxy) is 1. The Bertz CT molecular complexity index is 572. The first kappa shape index (κ1) is 19.8. The van der Waals surface area contributed by atoms with Crippen molar-refractivity contribution in [1.29, 1.82) is 0 Å². The second kappa shape index (κ2) is 8.06. The molecule has 0 saturated carbocycles. The number of benzene rings is 1. The molecule has 0 spiro atoms. The molecule has 0 radical (unpaired) electrons. The summed E-state index contributed by atoms with van der Waals surface area (Å²) in [6, 6.07) is 6.26. The summed E-state index contributed by atoms with van der Waals surface area (Å²) in [7, 11) is -1.84. The van der Waals surface area contributed by atoms with Crippen molar-refractivity contribution >= 4 is 65.8 Å². The van der Waals surface area contributed by atoms with E-state index in [-0.39, 0.29) is 0 Å². The number of anilines is 1. The van der Waals surface area contributed by atoms with Crippen molar-refractivity contribution in [1.82, 2.24) is 0 Å². The zero-order valence-corrected chi connectivity index (χ0v) is 15.3. The van der Waals surface area contributed by atoms with Crippen molar-refractivity contribution in [3.05, 3.63) is 29.3 Å². The van der Waals surface area contributed by atoms with Crippen LogP contribution in [0.2, 0.25) is 5.02 Å². The van der Waals surface area contributed by atoms with Crippen LogP contribution >= 0.6 is 54.0 Å². The Morgan fingerprint density at radius 1 is 1.27 bits per heavy atom. The molecule has 1 amide bonds. The largest absolute Gasteiger partial charge is 0.428 e. The normalized spacial score (nSPS) is 13.5. The van der Waals surface area contributed by atoms with Gasteiger partial charge in [-0.05, 0) is 18.2 Å². The van der Waals surface area contributed by atoms with E-state index in [1.54, 1.807) is 18.2 Å². The molecule has 0 bridgehead atoms. The van der Waals surface area contributed by atoms with Crippen LogP contribution in [0.4, 0.5) is 10.5 Å². The minimum Gasteiger partial charge on any atom is -0.428 e. The summed E-state index contributed by atoms with van der Waals surface area (Å²) in [4.78, 5) is 11.9. The van der Waals surface area contributed by atoms with Gasteiger partial charge in [0.15, 0.2) is 0 Å². The quantitative estimate of drug-likeness (QED) is 0.541. The molecule has 0 heterocycles. The summed E-state index contributed by atoms with van der Waals surface area (Å²) in [6.45, 7) is 0. The van der Waals surface area contributed by atoms with Gasteiger partial charge in [-0.25, -0.2) is 4.79 Å².